The third kappa shape index (κ3) is 19.2. The molecule has 4 amide bonds. The van der Waals surface area contributed by atoms with E-state index >= 15 is 17.6 Å². The molecule has 20 rings (SSSR count). The number of methoxy groups -OCH3 is 4. The highest BCUT2D eigenvalue weighted by Gasteiger charge is 2.34. The van der Waals surface area contributed by atoms with Crippen molar-refractivity contribution in [3.8, 4) is 91.5 Å². The first kappa shape index (κ1) is 97.0. The zero-order valence-electron chi connectivity index (χ0n) is 76.8. The van der Waals surface area contributed by atoms with E-state index in [9.17, 15) is 39.6 Å². The number of amides is 4. The van der Waals surface area contributed by atoms with Crippen molar-refractivity contribution in [1.82, 2.24) is 59.5 Å². The Balaban J connectivity index is 0.000000130. The van der Waals surface area contributed by atoms with Gasteiger partial charge in [0.05, 0.1) is 48.5 Å². The van der Waals surface area contributed by atoms with Crippen molar-refractivity contribution < 1.29 is 76.1 Å². The van der Waals surface area contributed by atoms with Crippen molar-refractivity contribution in [2.75, 3.05) is 153 Å². The summed E-state index contributed by atoms with van der Waals surface area (Å²) in [5.74, 6) is -1.14. The molecule has 4 aliphatic heterocycles. The molecule has 4 saturated heterocycles. The first-order chi connectivity index (χ1) is 68.0. The van der Waals surface area contributed by atoms with Gasteiger partial charge in [-0.1, -0.05) is 164 Å². The number of phenolic OH excluding ortho intramolecular Hbond substituents is 4. The average Bonchev–Trinajstić information content (AvgIpc) is 0.759. The number of benzene rings is 12. The Hall–Kier alpha value is -15.6. The molecule has 8 heterocycles. The Morgan fingerprint density at radius 1 is 0.305 bits per heavy atom. The Morgan fingerprint density at radius 3 is 0.780 bits per heavy atom. The summed E-state index contributed by atoms with van der Waals surface area (Å²) in [5.41, 5.74) is 3.57. The van der Waals surface area contributed by atoms with Crippen LogP contribution in [0.15, 0.2) is 214 Å². The molecule has 12 aromatic carbocycles. The lowest BCUT2D eigenvalue weighted by Gasteiger charge is -2.35. The number of halogens is 8. The fourth-order valence-corrected chi connectivity index (χ4v) is 19.5. The zero-order chi connectivity index (χ0) is 99.6. The average molecular weight is 1990 g/mol. The first-order valence-corrected chi connectivity index (χ1v) is 46.1. The van der Waals surface area contributed by atoms with Crippen LogP contribution in [-0.4, -0.2) is 237 Å². The molecule has 4 aliphatic rings. The van der Waals surface area contributed by atoms with Crippen LogP contribution in [0.1, 0.15) is 5.56 Å². The summed E-state index contributed by atoms with van der Waals surface area (Å²) in [7, 11) is 5.68. The van der Waals surface area contributed by atoms with Gasteiger partial charge in [0.25, 0.3) is 0 Å². The van der Waals surface area contributed by atoms with Gasteiger partial charge in [-0.25, -0.2) is 17.6 Å². The number of carbonyl (C=O) groups excluding carboxylic acids is 4. The molecular formula is C105H90Cl4F4N16O12. The second kappa shape index (κ2) is 41.2. The highest BCUT2D eigenvalue weighted by atomic mass is 35.5. The topological polar surface area (TPSA) is 315 Å². The third-order valence-electron chi connectivity index (χ3n) is 25.1. The normalized spacial score (nSPS) is 13.9. The molecule has 16 aromatic rings. The Labute approximate surface area is 825 Å². The third-order valence-corrected chi connectivity index (χ3v) is 26.3. The number of aromatic nitrogens is 8. The second-order valence-corrected chi connectivity index (χ2v) is 34.9. The predicted molar refractivity (Wildman–Crippen MR) is 543 cm³/mol. The summed E-state index contributed by atoms with van der Waals surface area (Å²) in [6.45, 7) is 23.8. The molecule has 0 radical (unpaired) electrons. The van der Waals surface area contributed by atoms with E-state index in [1.54, 1.807) is 68.1 Å². The van der Waals surface area contributed by atoms with Crippen molar-refractivity contribution in [3.05, 3.63) is 263 Å². The number of phenols is 4. The number of fused-ring (bicyclic) bond motifs is 8. The van der Waals surface area contributed by atoms with Crippen molar-refractivity contribution in [2.24, 2.45) is 0 Å². The Bertz CT molecular complexity index is 7260. The maximum Gasteiger partial charge on any atom is 0.318 e. The van der Waals surface area contributed by atoms with Crippen LogP contribution >= 0.6 is 46.4 Å². The lowest BCUT2D eigenvalue weighted by atomic mass is 9.93. The molecule has 4 fully saturated rings. The summed E-state index contributed by atoms with van der Waals surface area (Å²) >= 11 is 26.7. The number of nitrogens with zero attached hydrogens (tertiary/aromatic N) is 16. The summed E-state index contributed by atoms with van der Waals surface area (Å²) in [6, 6.07) is 46.9. The smallest absolute Gasteiger partial charge is 0.318 e. The van der Waals surface area contributed by atoms with Crippen molar-refractivity contribution in [3.63, 3.8) is 0 Å². The fourth-order valence-electron chi connectivity index (χ4n) is 18.3. The standard InChI is InChI=1S/C27H24ClFN4O3.3C26H22ClFN4O3/c1-4-21(35)32-8-10-33(11-9-32)26-19-14-20(28)23(24(29)25(19)30-27(31-26)36-3)18-13-17(34)12-16-7-5-6-15(2)22(16)18;3*1-3-21(34)31-8-10-32(11-9-31)25-19-14-20(27)22(23(28)24(19)29-26(30-25)35-2)18-13-16(33)12-15-6-4-5-7-17(15)18/h4-7,12-14,34H,1,8-11H2,2-3H3;3*3-7,12-14,33H,1,8-11H2,2H3. The second-order valence-electron chi connectivity index (χ2n) is 33.3. The lowest BCUT2D eigenvalue weighted by Crippen LogP contribution is -2.48. The molecule has 718 valence electrons. The van der Waals surface area contributed by atoms with Gasteiger partial charge in [0.15, 0.2) is 23.3 Å². The largest absolute Gasteiger partial charge is 0.508 e. The van der Waals surface area contributed by atoms with Gasteiger partial charge in [0.2, 0.25) is 23.6 Å². The van der Waals surface area contributed by atoms with Gasteiger partial charge in [0, 0.05) is 149 Å². The van der Waals surface area contributed by atoms with E-state index in [2.05, 4.69) is 66.2 Å². The van der Waals surface area contributed by atoms with Crippen LogP contribution in [0.25, 0.3) is 131 Å². The highest BCUT2D eigenvalue weighted by Crippen LogP contribution is 2.49. The van der Waals surface area contributed by atoms with Gasteiger partial charge in [-0.2, -0.15) is 39.9 Å². The predicted octanol–water partition coefficient (Wildman–Crippen LogP) is 19.5. The summed E-state index contributed by atoms with van der Waals surface area (Å²) in [4.78, 5) is 97.7. The summed E-state index contributed by atoms with van der Waals surface area (Å²) < 4.78 is 85.9. The van der Waals surface area contributed by atoms with Gasteiger partial charge in [0.1, 0.15) is 68.3 Å². The number of carbonyl (C=O) groups is 4. The lowest BCUT2D eigenvalue weighted by molar-refractivity contribution is -0.127. The number of anilines is 4. The van der Waals surface area contributed by atoms with E-state index in [4.69, 9.17) is 65.4 Å². The Morgan fingerprint density at radius 2 is 0.532 bits per heavy atom. The number of hydrogen-bond acceptors (Lipinski definition) is 24. The molecule has 4 N–H and O–H groups in total. The van der Waals surface area contributed by atoms with E-state index in [1.807, 2.05) is 118 Å². The number of rotatable bonds is 16. The molecule has 0 spiro atoms. The fraction of sp³-hybridized carbons (Fsp3) is 0.200. The maximum absolute atomic E-state index is 16.3. The van der Waals surface area contributed by atoms with Crippen molar-refractivity contribution >= 4 is 180 Å². The van der Waals surface area contributed by atoms with E-state index in [-0.39, 0.29) is 135 Å². The molecular weight excluding hydrogens is 1900 g/mol. The molecule has 0 aliphatic carbocycles. The number of aromatic hydroxyl groups is 4. The quantitative estimate of drug-likeness (QED) is 0.0516. The van der Waals surface area contributed by atoms with Gasteiger partial charge < -0.3 is 78.6 Å². The minimum atomic E-state index is -0.634. The minimum absolute atomic E-state index is 0.00200. The van der Waals surface area contributed by atoms with E-state index in [1.165, 1.54) is 77.0 Å². The molecule has 141 heavy (non-hydrogen) atoms. The Kier molecular flexibility index (Phi) is 28.3. The molecule has 28 nitrogen and oxygen atoms in total. The monoisotopic (exact) mass is 1980 g/mol. The summed E-state index contributed by atoms with van der Waals surface area (Å²) in [6.07, 6.45) is 5.17. The molecule has 0 unspecified atom stereocenters. The zero-order valence-corrected chi connectivity index (χ0v) is 79.8. The van der Waals surface area contributed by atoms with Crippen LogP contribution in [0.3, 0.4) is 0 Å². The highest BCUT2D eigenvalue weighted by molar-refractivity contribution is 6.37. The van der Waals surface area contributed by atoms with Crippen LogP contribution in [0.4, 0.5) is 40.8 Å². The maximum atomic E-state index is 16.3. The van der Waals surface area contributed by atoms with Crippen LogP contribution in [0.5, 0.6) is 47.0 Å². The number of ether oxygens (including phenoxy) is 4. The van der Waals surface area contributed by atoms with Gasteiger partial charge >= 0.3 is 24.0 Å². The minimum Gasteiger partial charge on any atom is -0.508 e. The van der Waals surface area contributed by atoms with Gasteiger partial charge in [-0.05, 0) is 175 Å². The number of hydrogen-bond donors (Lipinski definition) is 4. The molecule has 0 bridgehead atoms. The molecule has 4 aromatic heterocycles. The van der Waals surface area contributed by atoms with Crippen LogP contribution in [-0.2, 0) is 19.2 Å². The molecule has 36 heteroatoms. The van der Waals surface area contributed by atoms with Crippen LogP contribution < -0.4 is 38.5 Å². The van der Waals surface area contributed by atoms with Crippen molar-refractivity contribution in [1.29, 1.82) is 0 Å². The van der Waals surface area contributed by atoms with Crippen LogP contribution in [0.2, 0.25) is 20.1 Å². The molecule has 0 saturated carbocycles. The van der Waals surface area contributed by atoms with Crippen LogP contribution in [0, 0.1) is 30.2 Å². The summed E-state index contributed by atoms with van der Waals surface area (Å²) in [5, 5.41) is 49.7. The van der Waals surface area contributed by atoms with E-state index in [0.29, 0.717) is 172 Å². The first-order valence-electron chi connectivity index (χ1n) is 44.5. The van der Waals surface area contributed by atoms with Crippen molar-refractivity contribution in [2.45, 2.75) is 6.92 Å². The number of aryl methyl sites for hydroxylation is 1. The van der Waals surface area contributed by atoms with Gasteiger partial charge in [-0.15, -0.1) is 0 Å². The van der Waals surface area contributed by atoms with E-state index in [0.717, 1.165) is 48.7 Å². The number of piperazine rings is 4. The van der Waals surface area contributed by atoms with Gasteiger partial charge in [-0.3, -0.25) is 19.2 Å². The molecule has 0 atom stereocenters. The SMILES string of the molecule is C=CC(=O)N1CCN(c2nc(OC)nc3c(F)c(-c4cc(O)cc5cccc(C)c45)c(Cl)cc23)CC1.C=CC(=O)N1CCN(c2nc(OC)nc3c(F)c(-c4cc(O)cc5ccccc45)c(Cl)cc23)CC1.C=CC(=O)N1CCN(c2nc(OC)nc3c(F)c(-c4cc(O)cc5ccccc45)c(Cl)cc23)CC1.C=CC(=O)N1CCN(c2nc(OC)nc3c(F)c(-c4cc(O)cc5ccccc45)c(Cl)cc23)CC1. The van der Waals surface area contributed by atoms with E-state index < -0.39 is 23.3 Å².